The number of hydrogen-bond donors (Lipinski definition) is 0. The maximum atomic E-state index is 12.0. The molecule has 0 fully saturated rings. The van der Waals surface area contributed by atoms with E-state index in [1.54, 1.807) is 0 Å². The summed E-state index contributed by atoms with van der Waals surface area (Å²) in [6.45, 7) is 13.7. The van der Waals surface area contributed by atoms with Gasteiger partial charge in [0.05, 0.1) is 44.3 Å². The summed E-state index contributed by atoms with van der Waals surface area (Å²) in [6.07, 6.45) is 2.03. The van der Waals surface area contributed by atoms with Gasteiger partial charge in [0, 0.05) is 22.2 Å². The molecule has 2 unspecified atom stereocenters. The molecule has 0 amide bonds. The topological polar surface area (TPSA) is 102 Å². The van der Waals surface area contributed by atoms with E-state index in [0.29, 0.717) is 51.6 Å². The summed E-state index contributed by atoms with van der Waals surface area (Å²) in [6, 6.07) is 59.3. The summed E-state index contributed by atoms with van der Waals surface area (Å²) < 4.78 is 19.4. The van der Waals surface area contributed by atoms with Crippen LogP contribution in [0.15, 0.2) is 158 Å². The predicted octanol–water partition coefficient (Wildman–Crippen LogP) is 12.0. The van der Waals surface area contributed by atoms with E-state index < -0.39 is 6.85 Å². The van der Waals surface area contributed by atoms with Crippen LogP contribution in [0.5, 0.6) is 11.5 Å². The number of aromatic nitrogens is 4. The number of benzene rings is 6. The van der Waals surface area contributed by atoms with Crippen LogP contribution in [-0.4, -0.2) is 45.8 Å². The fourth-order valence-electron chi connectivity index (χ4n) is 9.49. The molecule has 72 heavy (non-hydrogen) atoms. The van der Waals surface area contributed by atoms with Crippen molar-refractivity contribution in [1.29, 1.82) is 10.5 Å². The van der Waals surface area contributed by atoms with Crippen LogP contribution in [-0.2, 0) is 0 Å². The second-order valence-corrected chi connectivity index (χ2v) is 20.9. The molecule has 4 aromatic heterocycles. The molecular formula is C60H54B2N6O2S2. The molecule has 0 radical (unpaired) electrons. The Balaban J connectivity index is 1.47. The van der Waals surface area contributed by atoms with Gasteiger partial charge in [0.2, 0.25) is 0 Å². The first-order valence-electron chi connectivity index (χ1n) is 24.9. The van der Waals surface area contributed by atoms with E-state index in [0.717, 1.165) is 94.3 Å². The van der Waals surface area contributed by atoms with Crippen LogP contribution in [0.3, 0.4) is 0 Å². The minimum Gasteiger partial charge on any atom is -0.493 e. The van der Waals surface area contributed by atoms with E-state index >= 15 is 0 Å². The van der Waals surface area contributed by atoms with Gasteiger partial charge in [-0.05, 0) is 95.8 Å². The van der Waals surface area contributed by atoms with Crippen LogP contribution >= 0.6 is 22.7 Å². The van der Waals surface area contributed by atoms with Gasteiger partial charge in [0.25, 0.3) is 6.85 Å². The molecule has 6 aromatic carbocycles. The third-order valence-corrected chi connectivity index (χ3v) is 15.7. The molecule has 354 valence electrons. The number of fused-ring (bicyclic) bond motifs is 3. The molecule has 4 heterocycles. The molecule has 0 saturated heterocycles. The molecule has 10 rings (SSSR count). The lowest BCUT2D eigenvalue weighted by Gasteiger charge is -2.23. The van der Waals surface area contributed by atoms with Crippen molar-refractivity contribution >= 4 is 89.6 Å². The number of nitrogens with zero attached hydrogens (tertiary/aromatic N) is 6. The number of ether oxygens (including phenoxy) is 2. The molecule has 0 N–H and O–H groups in total. The highest BCUT2D eigenvalue weighted by Crippen LogP contribution is 2.39. The molecule has 12 heteroatoms. The molecule has 0 aliphatic carbocycles. The van der Waals surface area contributed by atoms with E-state index in [9.17, 15) is 10.5 Å². The van der Waals surface area contributed by atoms with E-state index in [2.05, 4.69) is 147 Å². The number of hydrogen-bond acceptors (Lipinski definition) is 8. The van der Waals surface area contributed by atoms with Gasteiger partial charge in [-0.1, -0.05) is 150 Å². The number of nitriles is 2. The minimum absolute atomic E-state index is 0.168. The molecule has 10 aromatic rings. The lowest BCUT2D eigenvalue weighted by Crippen LogP contribution is -2.53. The molecule has 2 atom stereocenters. The van der Waals surface area contributed by atoms with E-state index in [1.165, 1.54) is 22.7 Å². The molecule has 0 saturated carbocycles. The van der Waals surface area contributed by atoms with Crippen molar-refractivity contribution in [2.75, 3.05) is 13.2 Å². The summed E-state index contributed by atoms with van der Waals surface area (Å²) in [5, 5.41) is 28.1. The third-order valence-electron chi connectivity index (χ3n) is 13.6. The van der Waals surface area contributed by atoms with Crippen molar-refractivity contribution < 1.29 is 9.47 Å². The number of rotatable bonds is 16. The molecule has 0 bridgehead atoms. The smallest absolute Gasteiger partial charge is 0.328 e. The van der Waals surface area contributed by atoms with Gasteiger partial charge < -0.3 is 18.4 Å². The van der Waals surface area contributed by atoms with E-state index in [4.69, 9.17) is 19.4 Å². The largest absolute Gasteiger partial charge is 0.493 e. The molecule has 0 aliphatic heterocycles. The fourth-order valence-corrected chi connectivity index (χ4v) is 11.4. The highest BCUT2D eigenvalue weighted by Gasteiger charge is 2.35. The van der Waals surface area contributed by atoms with Gasteiger partial charge in [-0.2, -0.15) is 10.5 Å². The van der Waals surface area contributed by atoms with Crippen LogP contribution in [0.4, 0.5) is 0 Å². The second kappa shape index (κ2) is 21.0. The Hall–Kier alpha value is -7.63. The van der Waals surface area contributed by atoms with Gasteiger partial charge in [-0.25, -0.2) is 9.97 Å². The van der Waals surface area contributed by atoms with Crippen molar-refractivity contribution in [2.24, 2.45) is 11.8 Å². The minimum atomic E-state index is -0.457. The predicted molar refractivity (Wildman–Crippen MR) is 302 cm³/mol. The number of thiazole rings is 2. The Morgan fingerprint density at radius 1 is 0.542 bits per heavy atom. The lowest BCUT2D eigenvalue weighted by molar-refractivity contribution is 0.256. The normalized spacial score (nSPS) is 13.1. The van der Waals surface area contributed by atoms with Gasteiger partial charge in [0.1, 0.15) is 44.8 Å². The van der Waals surface area contributed by atoms with Crippen molar-refractivity contribution in [1.82, 2.24) is 18.9 Å². The Kier molecular flexibility index (Phi) is 14.0. The zero-order valence-electron chi connectivity index (χ0n) is 41.5. The average Bonchev–Trinajstić information content (AvgIpc) is 4.20. The van der Waals surface area contributed by atoms with Crippen LogP contribution in [0.1, 0.15) is 50.6 Å². The van der Waals surface area contributed by atoms with Crippen molar-refractivity contribution in [3.8, 4) is 46.2 Å². The second-order valence-electron chi connectivity index (χ2n) is 18.8. The highest BCUT2D eigenvalue weighted by molar-refractivity contribution is 7.20. The maximum absolute atomic E-state index is 12.0. The fraction of sp³-hybridized carbons (Fsp3) is 0.200. The first-order chi connectivity index (χ1) is 35.2. The number of para-hydroxylation sites is 2. The van der Waals surface area contributed by atoms with Gasteiger partial charge in [0.15, 0.2) is 0 Å². The monoisotopic (exact) mass is 976 g/mol. The summed E-state index contributed by atoms with van der Waals surface area (Å²) in [5.41, 5.74) is 8.09. The molecule has 8 nitrogen and oxygen atoms in total. The molecular weight excluding hydrogens is 922 g/mol. The standard InChI is InChI=1S/C60H54B2N6O2S2/c1-7-39(3)37-69-45-31-27-41(28-32-45)55-53-54(57(67(55)61(5)6)47(35-63)59-65-49-23-15-17-25-51(49)71-59)56(42-29-33-46(34-30-42)70-38-40(4)8-2)68(62(43-19-11-9-12-20-43)44-21-13-10-14-22-44)58(53)48(36-64)60-66-50-24-16-18-26-52(50)72-60/h9-34,39-40H,7-8,37-38H2,1-6H3/b57-47-,58-48-. The Morgan fingerprint density at radius 2 is 0.931 bits per heavy atom. The van der Waals surface area contributed by atoms with Crippen LogP contribution < -0.4 is 31.1 Å². The Labute approximate surface area is 430 Å². The van der Waals surface area contributed by atoms with E-state index in [-0.39, 0.29) is 6.85 Å². The lowest BCUT2D eigenvalue weighted by atomic mass is 9.50. The van der Waals surface area contributed by atoms with E-state index in [1.807, 2.05) is 72.8 Å². The average molecular weight is 977 g/mol. The highest BCUT2D eigenvalue weighted by atomic mass is 32.1. The van der Waals surface area contributed by atoms with Crippen LogP contribution in [0.2, 0.25) is 13.6 Å². The maximum Gasteiger partial charge on any atom is 0.328 e. The summed E-state index contributed by atoms with van der Waals surface area (Å²) in [7, 11) is 0. The zero-order chi connectivity index (χ0) is 49.9. The zero-order valence-corrected chi connectivity index (χ0v) is 43.1. The molecule has 0 spiro atoms. The van der Waals surface area contributed by atoms with Gasteiger partial charge >= 0.3 is 6.85 Å². The quantitative estimate of drug-likeness (QED) is 0.0894. The first kappa shape index (κ1) is 48.0. The SMILES string of the molecule is CCC(C)COc1ccc(-c2c3/c(=C(\C#N)c4nc5ccccc5s4)n(B(c4ccccc4)c4ccccc4)c(-c4ccc(OCC(C)CC)cc4)c3/c(=C(\C#N)c3nc4ccccc4s3)n2B(C)C)cc1. The Bertz CT molecular complexity index is 3670. The summed E-state index contributed by atoms with van der Waals surface area (Å²) in [4.78, 5) is 10.4. The van der Waals surface area contributed by atoms with Crippen LogP contribution in [0, 0.1) is 34.5 Å². The van der Waals surface area contributed by atoms with Gasteiger partial charge in [-0.3, -0.25) is 0 Å². The summed E-state index contributed by atoms with van der Waals surface area (Å²) >= 11 is 3.03. The van der Waals surface area contributed by atoms with Gasteiger partial charge in [-0.15, -0.1) is 22.7 Å². The van der Waals surface area contributed by atoms with Crippen LogP contribution in [0.25, 0.3) is 64.9 Å². The Morgan fingerprint density at radius 3 is 1.32 bits per heavy atom. The van der Waals surface area contributed by atoms with Crippen molar-refractivity contribution in [2.45, 2.75) is 54.2 Å². The summed E-state index contributed by atoms with van der Waals surface area (Å²) in [5.74, 6) is 2.34. The molecule has 0 aliphatic rings. The van der Waals surface area contributed by atoms with Crippen molar-refractivity contribution in [3.05, 3.63) is 178 Å². The van der Waals surface area contributed by atoms with Crippen molar-refractivity contribution in [3.63, 3.8) is 0 Å². The third kappa shape index (κ3) is 9.13. The first-order valence-corrected chi connectivity index (χ1v) is 26.5.